The van der Waals surface area contributed by atoms with Crippen molar-refractivity contribution in [1.82, 2.24) is 0 Å². The summed E-state index contributed by atoms with van der Waals surface area (Å²) in [6.45, 7) is 1.95. The Bertz CT molecular complexity index is 697. The van der Waals surface area contributed by atoms with Crippen molar-refractivity contribution < 1.29 is 8.42 Å². The maximum absolute atomic E-state index is 12.3. The van der Waals surface area contributed by atoms with Crippen molar-refractivity contribution in [2.45, 2.75) is 11.8 Å². The van der Waals surface area contributed by atoms with E-state index < -0.39 is 10.0 Å². The number of aryl methyl sites for hydroxylation is 1. The molecule has 2 rings (SSSR count). The van der Waals surface area contributed by atoms with Crippen molar-refractivity contribution >= 4 is 47.6 Å². The summed E-state index contributed by atoms with van der Waals surface area (Å²) in [6, 6.07) is 12.2. The van der Waals surface area contributed by atoms with E-state index in [0.29, 0.717) is 14.6 Å². The summed E-state index contributed by atoms with van der Waals surface area (Å²) >= 11 is 6.52. The van der Waals surface area contributed by atoms with Gasteiger partial charge in [0, 0.05) is 14.6 Å². The number of hydrogen-bond acceptors (Lipinski definition) is 2. The Labute approximate surface area is 129 Å². The van der Waals surface area contributed by atoms with E-state index in [4.69, 9.17) is 0 Å². The lowest BCUT2D eigenvalue weighted by atomic mass is 10.2. The fourth-order valence-electron chi connectivity index (χ4n) is 1.51. The molecule has 0 aliphatic heterocycles. The van der Waals surface area contributed by atoms with Gasteiger partial charge in [-0.05, 0) is 53.2 Å². The first-order chi connectivity index (χ1) is 8.88. The summed E-state index contributed by atoms with van der Waals surface area (Å²) in [5.41, 5.74) is 1.61. The lowest BCUT2D eigenvalue weighted by molar-refractivity contribution is 0.600. The van der Waals surface area contributed by atoms with Gasteiger partial charge in [-0.2, -0.15) is 0 Å². The SMILES string of the molecule is Cc1ccc(NS(=O)(=O)c2cc(Br)ccc2Br)cc1. The lowest BCUT2D eigenvalue weighted by Crippen LogP contribution is -2.13. The summed E-state index contributed by atoms with van der Waals surface area (Å²) in [4.78, 5) is 0.197. The Morgan fingerprint density at radius 3 is 2.26 bits per heavy atom. The molecule has 0 radical (unpaired) electrons. The Balaban J connectivity index is 2.37. The van der Waals surface area contributed by atoms with Gasteiger partial charge in [-0.25, -0.2) is 8.42 Å². The van der Waals surface area contributed by atoms with E-state index in [-0.39, 0.29) is 4.90 Å². The Hall–Kier alpha value is -0.850. The summed E-state index contributed by atoms with van der Waals surface area (Å²) in [5, 5.41) is 0. The monoisotopic (exact) mass is 403 g/mol. The quantitative estimate of drug-likeness (QED) is 0.827. The summed E-state index contributed by atoms with van der Waals surface area (Å²) in [5.74, 6) is 0. The van der Waals surface area contributed by atoms with Gasteiger partial charge < -0.3 is 0 Å². The molecular formula is C13H11Br2NO2S. The molecule has 0 spiro atoms. The summed E-state index contributed by atoms with van der Waals surface area (Å²) < 4.78 is 28.4. The van der Waals surface area contributed by atoms with E-state index in [9.17, 15) is 8.42 Å². The second-order valence-electron chi connectivity index (χ2n) is 4.05. The number of anilines is 1. The third-order valence-corrected chi connectivity index (χ3v) is 5.35. The zero-order valence-electron chi connectivity index (χ0n) is 10.0. The molecule has 0 heterocycles. The van der Waals surface area contributed by atoms with Gasteiger partial charge in [0.1, 0.15) is 4.90 Å². The molecule has 100 valence electrons. The van der Waals surface area contributed by atoms with Crippen LogP contribution in [0.4, 0.5) is 5.69 Å². The van der Waals surface area contributed by atoms with Gasteiger partial charge >= 0.3 is 0 Å². The molecule has 19 heavy (non-hydrogen) atoms. The maximum atomic E-state index is 12.3. The molecule has 3 nitrogen and oxygen atoms in total. The first kappa shape index (κ1) is 14.6. The van der Waals surface area contributed by atoms with Gasteiger partial charge in [-0.3, -0.25) is 4.72 Å². The fourth-order valence-corrected chi connectivity index (χ4v) is 4.08. The average Bonchev–Trinajstić information content (AvgIpc) is 2.35. The third kappa shape index (κ3) is 3.58. The van der Waals surface area contributed by atoms with Gasteiger partial charge in [-0.1, -0.05) is 33.6 Å². The molecular weight excluding hydrogens is 394 g/mol. The Morgan fingerprint density at radius 2 is 1.63 bits per heavy atom. The average molecular weight is 405 g/mol. The predicted molar refractivity (Wildman–Crippen MR) is 83.8 cm³/mol. The van der Waals surface area contributed by atoms with Crippen LogP contribution in [0.1, 0.15) is 5.56 Å². The molecule has 0 atom stereocenters. The molecule has 2 aromatic rings. The molecule has 0 saturated heterocycles. The molecule has 0 unspecified atom stereocenters. The van der Waals surface area contributed by atoms with Crippen LogP contribution < -0.4 is 4.72 Å². The fraction of sp³-hybridized carbons (Fsp3) is 0.0769. The highest BCUT2D eigenvalue weighted by molar-refractivity contribution is 9.11. The summed E-state index contributed by atoms with van der Waals surface area (Å²) in [6.07, 6.45) is 0. The van der Waals surface area contributed by atoms with E-state index >= 15 is 0 Å². The van der Waals surface area contributed by atoms with Gasteiger partial charge in [0.05, 0.1) is 0 Å². The highest BCUT2D eigenvalue weighted by atomic mass is 79.9. The van der Waals surface area contributed by atoms with E-state index in [0.717, 1.165) is 5.56 Å². The maximum Gasteiger partial charge on any atom is 0.263 e. The van der Waals surface area contributed by atoms with Crippen molar-refractivity contribution in [3.8, 4) is 0 Å². The molecule has 0 amide bonds. The molecule has 0 saturated carbocycles. The van der Waals surface area contributed by atoms with E-state index in [1.807, 2.05) is 19.1 Å². The molecule has 0 aliphatic carbocycles. The zero-order chi connectivity index (χ0) is 14.0. The highest BCUT2D eigenvalue weighted by Gasteiger charge is 2.18. The minimum atomic E-state index is -3.61. The number of rotatable bonds is 3. The van der Waals surface area contributed by atoms with Gasteiger partial charge in [0.15, 0.2) is 0 Å². The molecule has 0 aliphatic rings. The summed E-state index contributed by atoms with van der Waals surface area (Å²) in [7, 11) is -3.61. The van der Waals surface area contributed by atoms with Gasteiger partial charge in [0.2, 0.25) is 0 Å². The van der Waals surface area contributed by atoms with Crippen molar-refractivity contribution in [3.63, 3.8) is 0 Å². The first-order valence-electron chi connectivity index (χ1n) is 5.43. The van der Waals surface area contributed by atoms with Crippen LogP contribution in [-0.2, 0) is 10.0 Å². The van der Waals surface area contributed by atoms with Crippen LogP contribution in [0.25, 0.3) is 0 Å². The van der Waals surface area contributed by atoms with Crippen LogP contribution in [0.15, 0.2) is 56.3 Å². The third-order valence-electron chi connectivity index (χ3n) is 2.49. The number of hydrogen-bond donors (Lipinski definition) is 1. The number of halogens is 2. The van der Waals surface area contributed by atoms with Crippen LogP contribution in [0.2, 0.25) is 0 Å². The van der Waals surface area contributed by atoms with Gasteiger partial charge in [0.25, 0.3) is 10.0 Å². The van der Waals surface area contributed by atoms with Crippen molar-refractivity contribution in [2.75, 3.05) is 4.72 Å². The van der Waals surface area contributed by atoms with Crippen LogP contribution in [0, 0.1) is 6.92 Å². The minimum Gasteiger partial charge on any atom is -0.280 e. The van der Waals surface area contributed by atoms with Crippen LogP contribution in [-0.4, -0.2) is 8.42 Å². The smallest absolute Gasteiger partial charge is 0.263 e. The molecule has 0 fully saturated rings. The van der Waals surface area contributed by atoms with E-state index in [1.165, 1.54) is 0 Å². The van der Waals surface area contributed by atoms with Crippen molar-refractivity contribution in [3.05, 3.63) is 57.0 Å². The van der Waals surface area contributed by atoms with Crippen molar-refractivity contribution in [1.29, 1.82) is 0 Å². The minimum absolute atomic E-state index is 0.197. The molecule has 0 bridgehead atoms. The molecule has 0 aromatic heterocycles. The molecule has 1 N–H and O–H groups in total. The van der Waals surface area contributed by atoms with Crippen LogP contribution in [0.5, 0.6) is 0 Å². The Kier molecular flexibility index (Phi) is 4.32. The Morgan fingerprint density at radius 1 is 1.00 bits per heavy atom. The van der Waals surface area contributed by atoms with Crippen LogP contribution in [0.3, 0.4) is 0 Å². The second-order valence-corrected chi connectivity index (χ2v) is 7.47. The first-order valence-corrected chi connectivity index (χ1v) is 8.50. The molecule has 6 heteroatoms. The normalized spacial score (nSPS) is 11.3. The number of nitrogens with one attached hydrogen (secondary N) is 1. The number of benzene rings is 2. The standard InChI is InChI=1S/C13H11Br2NO2S/c1-9-2-5-11(6-3-9)16-19(17,18)13-8-10(14)4-7-12(13)15/h2-8,16H,1H3. The highest BCUT2D eigenvalue weighted by Crippen LogP contribution is 2.27. The molecule has 2 aromatic carbocycles. The van der Waals surface area contributed by atoms with Crippen LogP contribution >= 0.6 is 31.9 Å². The predicted octanol–water partition coefficient (Wildman–Crippen LogP) is 4.32. The second kappa shape index (κ2) is 5.64. The van der Waals surface area contributed by atoms with E-state index in [2.05, 4.69) is 36.6 Å². The van der Waals surface area contributed by atoms with Crippen molar-refractivity contribution in [2.24, 2.45) is 0 Å². The topological polar surface area (TPSA) is 46.2 Å². The number of sulfonamides is 1. The van der Waals surface area contributed by atoms with E-state index in [1.54, 1.807) is 30.3 Å². The zero-order valence-corrected chi connectivity index (χ0v) is 14.0. The van der Waals surface area contributed by atoms with Gasteiger partial charge in [-0.15, -0.1) is 0 Å². The largest absolute Gasteiger partial charge is 0.280 e. The lowest BCUT2D eigenvalue weighted by Gasteiger charge is -2.10.